The lowest BCUT2D eigenvalue weighted by Crippen LogP contribution is -2.21. The monoisotopic (exact) mass is 339 g/mol. The zero-order valence-electron chi connectivity index (χ0n) is 13.4. The molecule has 1 heterocycles. The van der Waals surface area contributed by atoms with Crippen LogP contribution in [0, 0.1) is 0 Å². The van der Waals surface area contributed by atoms with Crippen LogP contribution >= 0.6 is 11.8 Å². The molecule has 2 rings (SSSR count). The van der Waals surface area contributed by atoms with Crippen LogP contribution in [-0.2, 0) is 15.4 Å². The molecule has 1 atom stereocenters. The summed E-state index contributed by atoms with van der Waals surface area (Å²) in [5.74, 6) is 0. The molecule has 0 saturated heterocycles. The van der Waals surface area contributed by atoms with E-state index in [-0.39, 0.29) is 10.8 Å². The Labute approximate surface area is 136 Å². The smallest absolute Gasteiger partial charge is 0.192 e. The molecule has 0 spiro atoms. The summed E-state index contributed by atoms with van der Waals surface area (Å²) in [5.41, 5.74) is 0.979. The van der Waals surface area contributed by atoms with Crippen LogP contribution in [0.3, 0.4) is 0 Å². The summed E-state index contributed by atoms with van der Waals surface area (Å²) in [6, 6.07) is 7.00. The van der Waals surface area contributed by atoms with Gasteiger partial charge >= 0.3 is 0 Å². The topological polar surface area (TPSA) is 64.8 Å². The van der Waals surface area contributed by atoms with E-state index < -0.39 is 9.84 Å². The maximum atomic E-state index is 11.5. The molecule has 0 bridgehead atoms. The van der Waals surface area contributed by atoms with Crippen LogP contribution in [0.5, 0.6) is 0 Å². The summed E-state index contributed by atoms with van der Waals surface area (Å²) in [4.78, 5) is 0.339. The highest BCUT2D eigenvalue weighted by Crippen LogP contribution is 2.35. The van der Waals surface area contributed by atoms with E-state index in [0.717, 1.165) is 10.7 Å². The number of hydrogen-bond donors (Lipinski definition) is 0. The fourth-order valence-electron chi connectivity index (χ4n) is 1.98. The number of aromatic nitrogens is 3. The summed E-state index contributed by atoms with van der Waals surface area (Å²) in [6.07, 6.45) is 2.95. The van der Waals surface area contributed by atoms with Crippen molar-refractivity contribution in [3.8, 4) is 0 Å². The van der Waals surface area contributed by atoms with E-state index in [4.69, 9.17) is 0 Å². The highest BCUT2D eigenvalue weighted by molar-refractivity contribution is 7.99. The highest BCUT2D eigenvalue weighted by atomic mass is 32.2. The van der Waals surface area contributed by atoms with E-state index in [2.05, 4.69) is 37.9 Å². The van der Waals surface area contributed by atoms with Crippen molar-refractivity contribution in [2.45, 2.75) is 48.5 Å². The van der Waals surface area contributed by atoms with Crippen LogP contribution in [0.1, 0.15) is 38.5 Å². The minimum absolute atomic E-state index is 0.0777. The minimum Gasteiger partial charge on any atom is -0.303 e. The molecule has 2 aromatic rings. The van der Waals surface area contributed by atoms with Gasteiger partial charge in [-0.15, -0.1) is 10.2 Å². The number of hydrogen-bond acceptors (Lipinski definition) is 5. The molecular formula is C15H21N3O2S2. The van der Waals surface area contributed by atoms with Gasteiger partial charge in [0.15, 0.2) is 15.0 Å². The molecule has 0 saturated carbocycles. The quantitative estimate of drug-likeness (QED) is 0.800. The van der Waals surface area contributed by atoms with E-state index in [1.807, 2.05) is 16.7 Å². The van der Waals surface area contributed by atoms with Gasteiger partial charge in [0.1, 0.15) is 6.33 Å². The van der Waals surface area contributed by atoms with Crippen molar-refractivity contribution in [3.63, 3.8) is 0 Å². The average Bonchev–Trinajstić information content (AvgIpc) is 2.86. The molecule has 7 heteroatoms. The average molecular weight is 339 g/mol. The number of sulfone groups is 1. The lowest BCUT2D eigenvalue weighted by molar-refractivity contribution is 0.367. The van der Waals surface area contributed by atoms with E-state index in [1.54, 1.807) is 30.2 Å². The summed E-state index contributed by atoms with van der Waals surface area (Å²) in [5, 5.41) is 9.19. The predicted octanol–water partition coefficient (Wildman–Crippen LogP) is 3.29. The Morgan fingerprint density at radius 1 is 1.18 bits per heavy atom. The fraction of sp³-hybridized carbons (Fsp3) is 0.467. The molecule has 0 aliphatic rings. The van der Waals surface area contributed by atoms with Crippen LogP contribution in [0.2, 0.25) is 0 Å². The number of benzene rings is 1. The van der Waals surface area contributed by atoms with Gasteiger partial charge in [-0.05, 0) is 45.4 Å². The maximum absolute atomic E-state index is 11.5. The first kappa shape index (κ1) is 17.0. The van der Waals surface area contributed by atoms with Crippen molar-refractivity contribution in [2.24, 2.45) is 0 Å². The van der Waals surface area contributed by atoms with E-state index in [1.165, 1.54) is 6.26 Å². The molecule has 0 unspecified atom stereocenters. The Hall–Kier alpha value is -1.34. The second-order valence-corrected chi connectivity index (χ2v) is 9.58. The first-order chi connectivity index (χ1) is 10.1. The molecule has 0 aliphatic carbocycles. The zero-order chi connectivity index (χ0) is 16.5. The second kappa shape index (κ2) is 6.04. The Morgan fingerprint density at radius 3 is 2.27 bits per heavy atom. The Bertz CT molecular complexity index is 744. The van der Waals surface area contributed by atoms with Gasteiger partial charge in [-0.3, -0.25) is 0 Å². The molecule has 0 fully saturated rings. The maximum Gasteiger partial charge on any atom is 0.192 e. The largest absolute Gasteiger partial charge is 0.303 e. The Morgan fingerprint density at radius 2 is 1.77 bits per heavy atom. The van der Waals surface area contributed by atoms with Gasteiger partial charge in [0, 0.05) is 17.0 Å². The molecule has 1 aromatic heterocycles. The fourth-order valence-corrected chi connectivity index (χ4v) is 3.75. The molecule has 5 nitrogen and oxygen atoms in total. The van der Waals surface area contributed by atoms with Gasteiger partial charge < -0.3 is 4.57 Å². The van der Waals surface area contributed by atoms with Gasteiger partial charge in [-0.2, -0.15) is 0 Å². The number of nitrogens with zero attached hydrogens (tertiary/aromatic N) is 3. The van der Waals surface area contributed by atoms with Crippen LogP contribution in [0.15, 0.2) is 40.6 Å². The number of thioether (sulfide) groups is 1. The Kier molecular flexibility index (Phi) is 4.67. The first-order valence-corrected chi connectivity index (χ1v) is 9.73. The van der Waals surface area contributed by atoms with Gasteiger partial charge in [0.05, 0.1) is 4.90 Å². The van der Waals surface area contributed by atoms with Crippen LogP contribution in [0.4, 0.5) is 0 Å². The molecule has 0 amide bonds. The second-order valence-electron chi connectivity index (χ2n) is 6.26. The van der Waals surface area contributed by atoms with Gasteiger partial charge in [-0.1, -0.05) is 23.9 Å². The normalized spacial score (nSPS) is 14.0. The van der Waals surface area contributed by atoms with Crippen molar-refractivity contribution in [2.75, 3.05) is 6.26 Å². The first-order valence-electron chi connectivity index (χ1n) is 6.96. The van der Waals surface area contributed by atoms with Crippen molar-refractivity contribution in [1.29, 1.82) is 0 Å². The molecule has 1 aromatic carbocycles. The number of rotatable bonds is 4. The van der Waals surface area contributed by atoms with Crippen molar-refractivity contribution in [3.05, 3.63) is 36.2 Å². The van der Waals surface area contributed by atoms with Crippen LogP contribution < -0.4 is 0 Å². The highest BCUT2D eigenvalue weighted by Gasteiger charge is 2.20. The molecule has 0 radical (unpaired) electrons. The van der Waals surface area contributed by atoms with Gasteiger partial charge in [-0.25, -0.2) is 8.42 Å². The third kappa shape index (κ3) is 3.89. The van der Waals surface area contributed by atoms with Crippen molar-refractivity contribution in [1.82, 2.24) is 14.8 Å². The van der Waals surface area contributed by atoms with Crippen LogP contribution in [0.25, 0.3) is 0 Å². The SMILES string of the molecule is C[C@@H](Sc1nncn1C(C)(C)C)c1ccc(S(C)(=O)=O)cc1. The van der Waals surface area contributed by atoms with E-state index in [0.29, 0.717) is 4.90 Å². The van der Waals surface area contributed by atoms with Crippen molar-refractivity contribution < 1.29 is 8.42 Å². The molecule has 0 N–H and O–H groups in total. The Balaban J connectivity index is 2.20. The van der Waals surface area contributed by atoms with Crippen molar-refractivity contribution >= 4 is 21.6 Å². The lowest BCUT2D eigenvalue weighted by Gasteiger charge is -2.23. The van der Waals surface area contributed by atoms with E-state index in [9.17, 15) is 8.42 Å². The molecule has 0 aliphatic heterocycles. The zero-order valence-corrected chi connectivity index (χ0v) is 15.1. The minimum atomic E-state index is -3.15. The summed E-state index contributed by atoms with van der Waals surface area (Å²) in [7, 11) is -3.15. The summed E-state index contributed by atoms with van der Waals surface area (Å²) >= 11 is 1.61. The third-order valence-electron chi connectivity index (χ3n) is 3.30. The third-order valence-corrected chi connectivity index (χ3v) is 5.54. The summed E-state index contributed by atoms with van der Waals surface area (Å²) < 4.78 is 25.0. The van der Waals surface area contributed by atoms with Crippen LogP contribution in [-0.4, -0.2) is 29.4 Å². The standard InChI is InChI=1S/C15H21N3O2S2/c1-11(12-6-8-13(9-7-12)22(5,19)20)21-14-17-16-10-18(14)15(2,3)4/h6-11H,1-5H3/t11-/m1/s1. The molecule has 120 valence electrons. The lowest BCUT2D eigenvalue weighted by atomic mass is 10.1. The van der Waals surface area contributed by atoms with Gasteiger partial charge in [0.2, 0.25) is 0 Å². The molecular weight excluding hydrogens is 318 g/mol. The summed E-state index contributed by atoms with van der Waals surface area (Å²) in [6.45, 7) is 8.38. The molecule has 22 heavy (non-hydrogen) atoms. The predicted molar refractivity (Wildman–Crippen MR) is 88.8 cm³/mol. The van der Waals surface area contributed by atoms with E-state index >= 15 is 0 Å². The van der Waals surface area contributed by atoms with Gasteiger partial charge in [0.25, 0.3) is 0 Å².